The van der Waals surface area contributed by atoms with Crippen molar-refractivity contribution in [2.75, 3.05) is 33.4 Å². The van der Waals surface area contributed by atoms with Gasteiger partial charge in [0, 0.05) is 32.1 Å². The number of carbonyl (C=O) groups excluding carboxylic acids is 2. The molecule has 1 N–H and O–H groups in total. The van der Waals surface area contributed by atoms with Crippen LogP contribution in [0.3, 0.4) is 0 Å². The highest BCUT2D eigenvalue weighted by atomic mass is 16.5. The van der Waals surface area contributed by atoms with Crippen molar-refractivity contribution in [3.8, 4) is 11.5 Å². The molecule has 0 bridgehead atoms. The molecule has 142 valence electrons. The maximum atomic E-state index is 11.9. The predicted octanol–water partition coefficient (Wildman–Crippen LogP) is 2.63. The molecule has 6 heteroatoms. The monoisotopic (exact) mass is 360 g/mol. The highest BCUT2D eigenvalue weighted by Crippen LogP contribution is 2.28. The normalized spacial score (nSPS) is 13.8. The molecule has 0 unspecified atom stereocenters. The molecule has 0 saturated carbocycles. The van der Waals surface area contributed by atoms with E-state index in [4.69, 9.17) is 9.47 Å². The second kappa shape index (κ2) is 10.5. The molecular weight excluding hydrogens is 332 g/mol. The fourth-order valence-corrected chi connectivity index (χ4v) is 2.77. The highest BCUT2D eigenvalue weighted by Gasteiger charge is 2.17. The predicted molar refractivity (Wildman–Crippen MR) is 101 cm³/mol. The minimum absolute atomic E-state index is 0.110. The summed E-state index contributed by atoms with van der Waals surface area (Å²) in [7, 11) is 1.59. The van der Waals surface area contributed by atoms with Gasteiger partial charge in [-0.05, 0) is 43.0 Å². The molecule has 1 saturated heterocycles. The number of benzene rings is 1. The van der Waals surface area contributed by atoms with Crippen molar-refractivity contribution in [1.29, 1.82) is 0 Å². The third-order valence-corrected chi connectivity index (χ3v) is 4.17. The summed E-state index contributed by atoms with van der Waals surface area (Å²) in [4.78, 5) is 25.7. The molecule has 1 heterocycles. The number of carbonyl (C=O) groups is 2. The van der Waals surface area contributed by atoms with Gasteiger partial charge in [-0.15, -0.1) is 0 Å². The molecule has 1 aliphatic rings. The topological polar surface area (TPSA) is 67.9 Å². The van der Waals surface area contributed by atoms with Crippen molar-refractivity contribution in [3.05, 3.63) is 29.8 Å². The van der Waals surface area contributed by atoms with Crippen molar-refractivity contribution >= 4 is 17.9 Å². The van der Waals surface area contributed by atoms with Gasteiger partial charge < -0.3 is 19.7 Å². The van der Waals surface area contributed by atoms with Crippen molar-refractivity contribution in [2.24, 2.45) is 0 Å². The number of nitrogens with zero attached hydrogens (tertiary/aromatic N) is 1. The van der Waals surface area contributed by atoms with Crippen molar-refractivity contribution < 1.29 is 19.1 Å². The molecule has 0 aromatic heterocycles. The fourth-order valence-electron chi connectivity index (χ4n) is 2.77. The van der Waals surface area contributed by atoms with Gasteiger partial charge in [0.05, 0.1) is 13.7 Å². The molecule has 0 aliphatic carbocycles. The van der Waals surface area contributed by atoms with Gasteiger partial charge in [-0.25, -0.2) is 0 Å². The number of likely N-dealkylation sites (tertiary alicyclic amines) is 1. The van der Waals surface area contributed by atoms with Crippen molar-refractivity contribution in [2.45, 2.75) is 32.6 Å². The Labute approximate surface area is 155 Å². The van der Waals surface area contributed by atoms with Gasteiger partial charge >= 0.3 is 0 Å². The van der Waals surface area contributed by atoms with Gasteiger partial charge in [-0.3, -0.25) is 9.59 Å². The van der Waals surface area contributed by atoms with Crippen LogP contribution in [0, 0.1) is 0 Å². The third kappa shape index (κ3) is 6.10. The summed E-state index contributed by atoms with van der Waals surface area (Å²) in [6.45, 7) is 4.70. The van der Waals surface area contributed by atoms with E-state index in [0.717, 1.165) is 37.9 Å². The van der Waals surface area contributed by atoms with Crippen LogP contribution in [0.25, 0.3) is 6.08 Å². The van der Waals surface area contributed by atoms with E-state index in [-0.39, 0.29) is 11.8 Å². The number of amides is 2. The second-order valence-corrected chi connectivity index (χ2v) is 6.22. The van der Waals surface area contributed by atoms with Crippen molar-refractivity contribution in [3.63, 3.8) is 0 Å². The van der Waals surface area contributed by atoms with Crippen LogP contribution >= 0.6 is 0 Å². The summed E-state index contributed by atoms with van der Waals surface area (Å²) in [6.07, 6.45) is 6.59. The molecular formula is C20H28N2O4. The molecule has 1 aromatic rings. The fraction of sp³-hybridized carbons (Fsp3) is 0.500. The van der Waals surface area contributed by atoms with E-state index in [1.54, 1.807) is 13.2 Å². The maximum Gasteiger partial charge on any atom is 0.244 e. The first-order valence-electron chi connectivity index (χ1n) is 9.18. The van der Waals surface area contributed by atoms with Crippen LogP contribution in [0.2, 0.25) is 0 Å². The Morgan fingerprint density at radius 1 is 1.23 bits per heavy atom. The Bertz CT molecular complexity index is 637. The largest absolute Gasteiger partial charge is 0.493 e. The van der Waals surface area contributed by atoms with E-state index < -0.39 is 0 Å². The summed E-state index contributed by atoms with van der Waals surface area (Å²) in [6, 6.07) is 5.53. The summed E-state index contributed by atoms with van der Waals surface area (Å²) in [5.74, 6) is 1.22. The van der Waals surface area contributed by atoms with Crippen LogP contribution < -0.4 is 14.8 Å². The minimum Gasteiger partial charge on any atom is -0.493 e. The Balaban J connectivity index is 1.80. The van der Waals surface area contributed by atoms with Gasteiger partial charge in [-0.2, -0.15) is 0 Å². The summed E-state index contributed by atoms with van der Waals surface area (Å²) in [5, 5.41) is 2.75. The van der Waals surface area contributed by atoms with Gasteiger partial charge in [0.2, 0.25) is 11.8 Å². The van der Waals surface area contributed by atoms with E-state index in [1.165, 1.54) is 6.08 Å². The quantitative estimate of drug-likeness (QED) is 0.688. The molecule has 1 fully saturated rings. The number of ether oxygens (including phenoxy) is 2. The summed E-state index contributed by atoms with van der Waals surface area (Å²) in [5.41, 5.74) is 0.842. The van der Waals surface area contributed by atoms with Crippen LogP contribution in [0.1, 0.15) is 38.2 Å². The van der Waals surface area contributed by atoms with E-state index in [2.05, 4.69) is 5.32 Å². The Kier molecular flexibility index (Phi) is 7.99. The average Bonchev–Trinajstić information content (AvgIpc) is 3.19. The van der Waals surface area contributed by atoms with Crippen LogP contribution in [0.4, 0.5) is 0 Å². The first-order valence-corrected chi connectivity index (χ1v) is 9.18. The number of methoxy groups -OCH3 is 1. The standard InChI is InChI=1S/C20H28N2O4/c1-3-14-26-17-8-6-16(15-18(17)25-2)7-9-19(23)21-11-10-20(24)22-12-4-5-13-22/h6-9,15H,3-5,10-14H2,1-2H3,(H,21,23)/b9-7+. The number of rotatable bonds is 9. The first-order chi connectivity index (χ1) is 12.6. The third-order valence-electron chi connectivity index (χ3n) is 4.17. The molecule has 0 atom stereocenters. The lowest BCUT2D eigenvalue weighted by Gasteiger charge is -2.14. The van der Waals surface area contributed by atoms with Crippen LogP contribution in [-0.4, -0.2) is 50.1 Å². The highest BCUT2D eigenvalue weighted by molar-refractivity contribution is 5.92. The molecule has 1 aromatic carbocycles. The summed E-state index contributed by atoms with van der Waals surface area (Å²) >= 11 is 0. The number of hydrogen-bond donors (Lipinski definition) is 1. The summed E-state index contributed by atoms with van der Waals surface area (Å²) < 4.78 is 10.9. The molecule has 2 amide bonds. The van der Waals surface area contributed by atoms with E-state index in [0.29, 0.717) is 31.1 Å². The minimum atomic E-state index is -0.218. The smallest absolute Gasteiger partial charge is 0.244 e. The van der Waals surface area contributed by atoms with Crippen LogP contribution in [0.5, 0.6) is 11.5 Å². The molecule has 2 rings (SSSR count). The Morgan fingerprint density at radius 3 is 2.69 bits per heavy atom. The second-order valence-electron chi connectivity index (χ2n) is 6.22. The lowest BCUT2D eigenvalue weighted by Crippen LogP contribution is -2.32. The number of nitrogens with one attached hydrogen (secondary N) is 1. The molecule has 6 nitrogen and oxygen atoms in total. The zero-order valence-corrected chi connectivity index (χ0v) is 15.6. The number of hydrogen-bond acceptors (Lipinski definition) is 4. The Hall–Kier alpha value is -2.50. The Morgan fingerprint density at radius 2 is 2.00 bits per heavy atom. The first kappa shape index (κ1) is 19.8. The van der Waals surface area contributed by atoms with E-state index in [9.17, 15) is 9.59 Å². The zero-order valence-electron chi connectivity index (χ0n) is 15.6. The van der Waals surface area contributed by atoms with E-state index >= 15 is 0 Å². The SMILES string of the molecule is CCCOc1ccc(/C=C/C(=O)NCCC(=O)N2CCCC2)cc1OC. The molecule has 1 aliphatic heterocycles. The van der Waals surface area contributed by atoms with Gasteiger partial charge in [0.1, 0.15) is 0 Å². The van der Waals surface area contributed by atoms with Crippen LogP contribution in [0.15, 0.2) is 24.3 Å². The molecule has 0 spiro atoms. The van der Waals surface area contributed by atoms with Gasteiger partial charge in [0.25, 0.3) is 0 Å². The molecule has 26 heavy (non-hydrogen) atoms. The lowest BCUT2D eigenvalue weighted by molar-refractivity contribution is -0.130. The zero-order chi connectivity index (χ0) is 18.8. The van der Waals surface area contributed by atoms with Gasteiger partial charge in [-0.1, -0.05) is 13.0 Å². The van der Waals surface area contributed by atoms with Crippen LogP contribution in [-0.2, 0) is 9.59 Å². The van der Waals surface area contributed by atoms with E-state index in [1.807, 2.05) is 30.0 Å². The molecule has 0 radical (unpaired) electrons. The van der Waals surface area contributed by atoms with Gasteiger partial charge in [0.15, 0.2) is 11.5 Å². The lowest BCUT2D eigenvalue weighted by atomic mass is 10.2. The maximum absolute atomic E-state index is 11.9. The van der Waals surface area contributed by atoms with Crippen molar-refractivity contribution in [1.82, 2.24) is 10.2 Å². The average molecular weight is 360 g/mol.